The van der Waals surface area contributed by atoms with Gasteiger partial charge in [0.05, 0.1) is 6.61 Å². The number of ether oxygens (including phenoxy) is 1. The van der Waals surface area contributed by atoms with Crippen molar-refractivity contribution in [1.29, 1.82) is 0 Å². The van der Waals surface area contributed by atoms with Gasteiger partial charge >= 0.3 is 6.18 Å². The van der Waals surface area contributed by atoms with E-state index >= 15 is 0 Å². The lowest BCUT2D eigenvalue weighted by Crippen LogP contribution is -2.21. The van der Waals surface area contributed by atoms with Gasteiger partial charge in [0.15, 0.2) is 0 Å². The van der Waals surface area contributed by atoms with E-state index in [0.717, 1.165) is 12.1 Å². The van der Waals surface area contributed by atoms with Gasteiger partial charge in [0.25, 0.3) is 0 Å². The molecule has 1 N–H and O–H groups in total. The molecule has 0 aliphatic rings. The van der Waals surface area contributed by atoms with Crippen molar-refractivity contribution in [3.63, 3.8) is 0 Å². The first-order valence-electron chi connectivity index (χ1n) is 4.47. The van der Waals surface area contributed by atoms with Crippen LogP contribution in [0.3, 0.4) is 0 Å². The molecule has 1 atom stereocenters. The van der Waals surface area contributed by atoms with Crippen LogP contribution in [0, 0.1) is 5.82 Å². The summed E-state index contributed by atoms with van der Waals surface area (Å²) in [5.74, 6) is -0.503. The maximum Gasteiger partial charge on any atom is 0.411 e. The molecule has 1 rings (SSSR count). The van der Waals surface area contributed by atoms with Gasteiger partial charge < -0.3 is 9.84 Å². The quantitative estimate of drug-likeness (QED) is 0.816. The van der Waals surface area contributed by atoms with Crippen molar-refractivity contribution in [2.45, 2.75) is 12.3 Å². The molecule has 2 nitrogen and oxygen atoms in total. The summed E-state index contributed by atoms with van der Waals surface area (Å²) < 4.78 is 52.6. The van der Waals surface area contributed by atoms with E-state index in [9.17, 15) is 17.6 Å². The molecule has 1 unspecified atom stereocenters. The molecule has 0 spiro atoms. The molecule has 0 aromatic heterocycles. The van der Waals surface area contributed by atoms with Crippen LogP contribution in [-0.2, 0) is 4.74 Å². The maximum atomic E-state index is 12.5. The minimum Gasteiger partial charge on any atom is -0.393 e. The van der Waals surface area contributed by atoms with Crippen LogP contribution >= 0.6 is 0 Å². The Morgan fingerprint density at radius 1 is 1.19 bits per heavy atom. The average molecular weight is 238 g/mol. The Morgan fingerprint density at radius 2 is 1.75 bits per heavy atom. The van der Waals surface area contributed by atoms with Crippen molar-refractivity contribution in [3.8, 4) is 0 Å². The Labute approximate surface area is 89.5 Å². The first-order valence-corrected chi connectivity index (χ1v) is 4.47. The molecule has 0 radical (unpaired) electrons. The average Bonchev–Trinajstić information content (AvgIpc) is 2.20. The number of aliphatic hydroxyl groups is 1. The van der Waals surface area contributed by atoms with Gasteiger partial charge in [-0.15, -0.1) is 0 Å². The predicted octanol–water partition coefficient (Wildman–Crippen LogP) is 2.44. The first kappa shape index (κ1) is 12.9. The van der Waals surface area contributed by atoms with Crippen LogP contribution in [-0.4, -0.2) is 24.5 Å². The summed E-state index contributed by atoms with van der Waals surface area (Å²) in [5, 5.41) is 8.86. The van der Waals surface area contributed by atoms with Crippen molar-refractivity contribution in [2.75, 3.05) is 13.2 Å². The van der Waals surface area contributed by atoms with E-state index in [0.29, 0.717) is 5.56 Å². The van der Waals surface area contributed by atoms with Gasteiger partial charge in [0.1, 0.15) is 18.5 Å². The van der Waals surface area contributed by atoms with Crippen molar-refractivity contribution in [2.24, 2.45) is 0 Å². The summed E-state index contributed by atoms with van der Waals surface area (Å²) in [6.45, 7) is -2.04. The van der Waals surface area contributed by atoms with E-state index in [-0.39, 0.29) is 0 Å². The third-order valence-electron chi connectivity index (χ3n) is 1.86. The van der Waals surface area contributed by atoms with Crippen LogP contribution in [0.15, 0.2) is 24.3 Å². The molecule has 0 aliphatic heterocycles. The fraction of sp³-hybridized carbons (Fsp3) is 0.400. The molecule has 6 heteroatoms. The third-order valence-corrected chi connectivity index (χ3v) is 1.86. The second kappa shape index (κ2) is 5.27. The third kappa shape index (κ3) is 4.16. The minimum atomic E-state index is -4.45. The molecule has 0 heterocycles. The van der Waals surface area contributed by atoms with Crippen molar-refractivity contribution in [1.82, 2.24) is 0 Å². The molecule has 0 saturated heterocycles. The second-order valence-electron chi connectivity index (χ2n) is 3.15. The van der Waals surface area contributed by atoms with Gasteiger partial charge in [0.2, 0.25) is 0 Å². The summed E-state index contributed by atoms with van der Waals surface area (Å²) in [6.07, 6.45) is -5.55. The van der Waals surface area contributed by atoms with E-state index in [1.807, 2.05) is 0 Å². The van der Waals surface area contributed by atoms with Gasteiger partial charge in [-0.1, -0.05) is 12.1 Å². The molecule has 0 amide bonds. The van der Waals surface area contributed by atoms with E-state index in [1.165, 1.54) is 12.1 Å². The van der Waals surface area contributed by atoms with Crippen LogP contribution in [0.25, 0.3) is 0 Å². The Morgan fingerprint density at radius 3 is 2.19 bits per heavy atom. The van der Waals surface area contributed by atoms with Gasteiger partial charge in [-0.2, -0.15) is 13.2 Å². The molecule has 0 fully saturated rings. The molecular formula is C10H10F4O2. The monoisotopic (exact) mass is 238 g/mol. The van der Waals surface area contributed by atoms with Crippen LogP contribution in [0.2, 0.25) is 0 Å². The largest absolute Gasteiger partial charge is 0.411 e. The summed E-state index contributed by atoms with van der Waals surface area (Å²) in [4.78, 5) is 0. The number of aliphatic hydroxyl groups excluding tert-OH is 1. The van der Waals surface area contributed by atoms with Gasteiger partial charge in [-0.3, -0.25) is 0 Å². The zero-order valence-corrected chi connectivity index (χ0v) is 8.17. The zero-order valence-electron chi connectivity index (χ0n) is 8.17. The van der Waals surface area contributed by atoms with E-state index in [1.54, 1.807) is 0 Å². The lowest BCUT2D eigenvalue weighted by atomic mass is 10.1. The first-order chi connectivity index (χ1) is 7.42. The van der Waals surface area contributed by atoms with Crippen molar-refractivity contribution in [3.05, 3.63) is 35.6 Å². The SMILES string of the molecule is OCC(OCC(F)(F)F)c1ccc(F)cc1. The van der Waals surface area contributed by atoms with Gasteiger partial charge in [0, 0.05) is 0 Å². The van der Waals surface area contributed by atoms with Crippen LogP contribution in [0.5, 0.6) is 0 Å². The van der Waals surface area contributed by atoms with Crippen LogP contribution < -0.4 is 0 Å². The molecule has 16 heavy (non-hydrogen) atoms. The zero-order chi connectivity index (χ0) is 12.2. The number of hydrogen-bond acceptors (Lipinski definition) is 2. The summed E-state index contributed by atoms with van der Waals surface area (Å²) in [7, 11) is 0. The van der Waals surface area contributed by atoms with Gasteiger partial charge in [-0.25, -0.2) is 4.39 Å². The van der Waals surface area contributed by atoms with Crippen LogP contribution in [0.4, 0.5) is 17.6 Å². The molecule has 0 aliphatic carbocycles. The van der Waals surface area contributed by atoms with E-state index in [4.69, 9.17) is 5.11 Å². The smallest absolute Gasteiger partial charge is 0.393 e. The molecule has 90 valence electrons. The normalized spacial score (nSPS) is 13.8. The van der Waals surface area contributed by atoms with E-state index in [2.05, 4.69) is 4.74 Å². The highest BCUT2D eigenvalue weighted by Crippen LogP contribution is 2.22. The molecule has 1 aromatic carbocycles. The fourth-order valence-corrected chi connectivity index (χ4v) is 1.13. The molecule has 0 saturated carbocycles. The maximum absolute atomic E-state index is 12.5. The molecule has 1 aromatic rings. The lowest BCUT2D eigenvalue weighted by Gasteiger charge is -2.17. The molecular weight excluding hydrogens is 228 g/mol. The number of halogens is 4. The predicted molar refractivity (Wildman–Crippen MR) is 48.2 cm³/mol. The van der Waals surface area contributed by atoms with Crippen molar-refractivity contribution < 1.29 is 27.4 Å². The lowest BCUT2D eigenvalue weighted by molar-refractivity contribution is -0.189. The van der Waals surface area contributed by atoms with E-state index < -0.39 is 31.3 Å². The van der Waals surface area contributed by atoms with Gasteiger partial charge in [-0.05, 0) is 17.7 Å². The Kier molecular flexibility index (Phi) is 4.26. The van der Waals surface area contributed by atoms with Crippen molar-refractivity contribution >= 4 is 0 Å². The Bertz CT molecular complexity index is 321. The highest BCUT2D eigenvalue weighted by molar-refractivity contribution is 5.18. The second-order valence-corrected chi connectivity index (χ2v) is 3.15. The highest BCUT2D eigenvalue weighted by atomic mass is 19.4. The Balaban J connectivity index is 2.64. The summed E-state index contributed by atoms with van der Waals surface area (Å²) in [5.41, 5.74) is 0.299. The Hall–Kier alpha value is -1.14. The topological polar surface area (TPSA) is 29.5 Å². The number of benzene rings is 1. The van der Waals surface area contributed by atoms with Crippen LogP contribution in [0.1, 0.15) is 11.7 Å². The number of hydrogen-bond donors (Lipinski definition) is 1. The summed E-state index contributed by atoms with van der Waals surface area (Å²) in [6, 6.07) is 4.73. The number of rotatable bonds is 4. The standard InChI is InChI=1S/C10H10F4O2/c11-8-3-1-7(2-4-8)9(5-15)16-6-10(12,13)14/h1-4,9,15H,5-6H2. The summed E-state index contributed by atoms with van der Waals surface area (Å²) >= 11 is 0. The minimum absolute atomic E-state index is 0.299. The highest BCUT2D eigenvalue weighted by Gasteiger charge is 2.29. The molecule has 0 bridgehead atoms. The fourth-order valence-electron chi connectivity index (χ4n) is 1.13. The number of alkyl halides is 3.